The van der Waals surface area contributed by atoms with Crippen LogP contribution in [0.5, 0.6) is 0 Å². The SMILES string of the molecule is CCC1([C@H](NC)[C@@H](C)Cc2cc(F)cc(-c3ccccc3)c2F)CC1. The Labute approximate surface area is 149 Å². The van der Waals surface area contributed by atoms with Crippen LogP contribution in [0, 0.1) is 23.0 Å². The zero-order valence-corrected chi connectivity index (χ0v) is 15.3. The maximum Gasteiger partial charge on any atom is 0.134 e. The average molecular weight is 343 g/mol. The Morgan fingerprint density at radius 1 is 1.12 bits per heavy atom. The molecule has 2 atom stereocenters. The molecule has 0 bridgehead atoms. The molecule has 0 saturated heterocycles. The van der Waals surface area contributed by atoms with Crippen LogP contribution in [0.15, 0.2) is 42.5 Å². The minimum absolute atomic E-state index is 0.243. The van der Waals surface area contributed by atoms with Gasteiger partial charge in [0.05, 0.1) is 0 Å². The van der Waals surface area contributed by atoms with E-state index in [-0.39, 0.29) is 17.6 Å². The molecule has 2 aromatic carbocycles. The second kappa shape index (κ2) is 7.25. The van der Waals surface area contributed by atoms with Gasteiger partial charge in [-0.1, -0.05) is 44.2 Å². The monoisotopic (exact) mass is 343 g/mol. The molecule has 25 heavy (non-hydrogen) atoms. The number of nitrogens with one attached hydrogen (secondary N) is 1. The summed E-state index contributed by atoms with van der Waals surface area (Å²) in [6.45, 7) is 4.36. The van der Waals surface area contributed by atoms with Crippen molar-refractivity contribution in [3.05, 3.63) is 59.7 Å². The van der Waals surface area contributed by atoms with E-state index in [1.54, 1.807) is 0 Å². The zero-order chi connectivity index (χ0) is 18.0. The summed E-state index contributed by atoms with van der Waals surface area (Å²) in [4.78, 5) is 0. The Bertz CT molecular complexity index is 722. The van der Waals surface area contributed by atoms with Crippen molar-refractivity contribution in [2.24, 2.45) is 11.3 Å². The summed E-state index contributed by atoms with van der Waals surface area (Å²) in [5.74, 6) is -0.428. The van der Waals surface area contributed by atoms with Crippen molar-refractivity contribution < 1.29 is 8.78 Å². The number of rotatable bonds is 7. The lowest BCUT2D eigenvalue weighted by Gasteiger charge is -2.31. The highest BCUT2D eigenvalue weighted by Crippen LogP contribution is 2.53. The minimum Gasteiger partial charge on any atom is -0.316 e. The molecule has 0 amide bonds. The fraction of sp³-hybridized carbons (Fsp3) is 0.455. The quantitative estimate of drug-likeness (QED) is 0.691. The molecule has 1 saturated carbocycles. The summed E-state index contributed by atoms with van der Waals surface area (Å²) in [6.07, 6.45) is 4.11. The van der Waals surface area contributed by atoms with Gasteiger partial charge in [-0.05, 0) is 67.3 Å². The van der Waals surface area contributed by atoms with E-state index < -0.39 is 0 Å². The molecule has 0 aromatic heterocycles. The number of halogens is 2. The molecule has 0 unspecified atom stereocenters. The van der Waals surface area contributed by atoms with Crippen LogP contribution in [-0.4, -0.2) is 13.1 Å². The Morgan fingerprint density at radius 3 is 2.36 bits per heavy atom. The van der Waals surface area contributed by atoms with Crippen LogP contribution < -0.4 is 5.32 Å². The van der Waals surface area contributed by atoms with Crippen molar-refractivity contribution in [1.29, 1.82) is 0 Å². The van der Waals surface area contributed by atoms with Gasteiger partial charge in [0.1, 0.15) is 11.6 Å². The van der Waals surface area contributed by atoms with Crippen LogP contribution in [0.3, 0.4) is 0 Å². The molecular weight excluding hydrogens is 316 g/mol. The van der Waals surface area contributed by atoms with Crippen LogP contribution in [0.25, 0.3) is 11.1 Å². The highest BCUT2D eigenvalue weighted by atomic mass is 19.1. The van der Waals surface area contributed by atoms with E-state index in [0.717, 1.165) is 6.42 Å². The third-order valence-electron chi connectivity index (χ3n) is 5.88. The van der Waals surface area contributed by atoms with E-state index in [1.807, 2.05) is 37.4 Å². The first-order valence-electron chi connectivity index (χ1n) is 9.21. The smallest absolute Gasteiger partial charge is 0.134 e. The van der Waals surface area contributed by atoms with Gasteiger partial charge in [-0.3, -0.25) is 0 Å². The molecule has 1 fully saturated rings. The molecule has 1 aliphatic rings. The van der Waals surface area contributed by atoms with E-state index >= 15 is 4.39 Å². The van der Waals surface area contributed by atoms with Crippen molar-refractivity contribution in [2.45, 2.75) is 45.6 Å². The first kappa shape index (κ1) is 18.1. The maximum atomic E-state index is 15.1. The summed E-state index contributed by atoms with van der Waals surface area (Å²) in [7, 11) is 1.98. The maximum absolute atomic E-state index is 15.1. The second-order valence-corrected chi connectivity index (χ2v) is 7.46. The van der Waals surface area contributed by atoms with E-state index in [9.17, 15) is 4.39 Å². The lowest BCUT2D eigenvalue weighted by molar-refractivity contribution is 0.253. The zero-order valence-electron chi connectivity index (χ0n) is 15.3. The highest BCUT2D eigenvalue weighted by molar-refractivity contribution is 5.65. The van der Waals surface area contributed by atoms with Gasteiger partial charge in [-0.2, -0.15) is 0 Å². The van der Waals surface area contributed by atoms with E-state index in [0.29, 0.717) is 34.6 Å². The van der Waals surface area contributed by atoms with Crippen LogP contribution >= 0.6 is 0 Å². The molecule has 0 spiro atoms. The van der Waals surface area contributed by atoms with Gasteiger partial charge in [0.25, 0.3) is 0 Å². The molecule has 1 N–H and O–H groups in total. The van der Waals surface area contributed by atoms with Crippen LogP contribution in [-0.2, 0) is 6.42 Å². The molecule has 3 heteroatoms. The predicted octanol–water partition coefficient (Wildman–Crippen LogP) is 5.59. The lowest BCUT2D eigenvalue weighted by atomic mass is 9.81. The molecule has 1 nitrogen and oxygen atoms in total. The minimum atomic E-state index is -0.375. The lowest BCUT2D eigenvalue weighted by Crippen LogP contribution is -2.41. The van der Waals surface area contributed by atoms with Crippen molar-refractivity contribution in [3.8, 4) is 11.1 Å². The van der Waals surface area contributed by atoms with Gasteiger partial charge >= 0.3 is 0 Å². The van der Waals surface area contributed by atoms with Crippen molar-refractivity contribution in [2.75, 3.05) is 7.05 Å². The fourth-order valence-corrected chi connectivity index (χ4v) is 4.33. The number of benzene rings is 2. The average Bonchev–Trinajstić information content (AvgIpc) is 3.40. The largest absolute Gasteiger partial charge is 0.316 e. The normalized spacial score (nSPS) is 18.0. The first-order chi connectivity index (χ1) is 12.0. The van der Waals surface area contributed by atoms with Crippen LogP contribution in [0.2, 0.25) is 0 Å². The van der Waals surface area contributed by atoms with Gasteiger partial charge in [0.2, 0.25) is 0 Å². The first-order valence-corrected chi connectivity index (χ1v) is 9.21. The van der Waals surface area contributed by atoms with Crippen LogP contribution in [0.4, 0.5) is 8.78 Å². The summed E-state index contributed by atoms with van der Waals surface area (Å²) in [5, 5.41) is 3.44. The van der Waals surface area contributed by atoms with Crippen molar-refractivity contribution >= 4 is 0 Å². The summed E-state index contributed by atoms with van der Waals surface area (Å²) >= 11 is 0. The molecule has 134 valence electrons. The number of hydrogen-bond donors (Lipinski definition) is 1. The van der Waals surface area contributed by atoms with Gasteiger partial charge in [0.15, 0.2) is 0 Å². The van der Waals surface area contributed by atoms with Crippen molar-refractivity contribution in [3.63, 3.8) is 0 Å². The fourth-order valence-electron chi connectivity index (χ4n) is 4.33. The predicted molar refractivity (Wildman–Crippen MR) is 99.5 cm³/mol. The molecule has 3 rings (SSSR count). The summed E-state index contributed by atoms with van der Waals surface area (Å²) in [6, 6.07) is 12.2. The Hall–Kier alpha value is -1.74. The van der Waals surface area contributed by atoms with E-state index in [2.05, 4.69) is 19.2 Å². The molecule has 0 aliphatic heterocycles. The molecule has 1 aliphatic carbocycles. The topological polar surface area (TPSA) is 12.0 Å². The van der Waals surface area contributed by atoms with Crippen molar-refractivity contribution in [1.82, 2.24) is 5.32 Å². The Kier molecular flexibility index (Phi) is 5.24. The highest BCUT2D eigenvalue weighted by Gasteiger charge is 2.48. The summed E-state index contributed by atoms with van der Waals surface area (Å²) in [5.41, 5.74) is 1.87. The van der Waals surface area contributed by atoms with Gasteiger partial charge in [0, 0.05) is 11.6 Å². The van der Waals surface area contributed by atoms with E-state index in [1.165, 1.54) is 25.0 Å². The van der Waals surface area contributed by atoms with Crippen LogP contribution in [0.1, 0.15) is 38.7 Å². The Morgan fingerprint density at radius 2 is 1.80 bits per heavy atom. The standard InChI is InChI=1S/C22H27F2N/c1-4-22(10-11-22)21(25-3)15(2)12-17-13-18(23)14-19(20(17)24)16-8-6-5-7-9-16/h5-9,13-15,21,25H,4,10-12H2,1-3H3/t15-,21+/m0/s1. The number of hydrogen-bond acceptors (Lipinski definition) is 1. The van der Waals surface area contributed by atoms with Gasteiger partial charge in [-0.25, -0.2) is 8.78 Å². The third kappa shape index (κ3) is 3.62. The third-order valence-corrected chi connectivity index (χ3v) is 5.88. The van der Waals surface area contributed by atoms with Gasteiger partial charge in [-0.15, -0.1) is 0 Å². The Balaban J connectivity index is 1.89. The summed E-state index contributed by atoms with van der Waals surface area (Å²) < 4.78 is 29.2. The van der Waals surface area contributed by atoms with E-state index in [4.69, 9.17) is 0 Å². The molecule has 0 heterocycles. The molecule has 0 radical (unpaired) electrons. The second-order valence-electron chi connectivity index (χ2n) is 7.46. The molecular formula is C22H27F2N. The van der Waals surface area contributed by atoms with Gasteiger partial charge < -0.3 is 5.32 Å². The molecule has 2 aromatic rings.